The van der Waals surface area contributed by atoms with Crippen molar-refractivity contribution in [3.63, 3.8) is 0 Å². The van der Waals surface area contributed by atoms with Crippen molar-refractivity contribution < 1.29 is 9.59 Å². The van der Waals surface area contributed by atoms with Crippen LogP contribution >= 0.6 is 23.2 Å². The first-order valence-corrected chi connectivity index (χ1v) is 14.3. The summed E-state index contributed by atoms with van der Waals surface area (Å²) in [7, 11) is 0. The van der Waals surface area contributed by atoms with Crippen molar-refractivity contribution in [3.8, 4) is 11.1 Å². The van der Waals surface area contributed by atoms with Gasteiger partial charge in [0.25, 0.3) is 11.8 Å². The molecule has 0 spiro atoms. The van der Waals surface area contributed by atoms with Crippen molar-refractivity contribution in [3.05, 3.63) is 82.1 Å². The number of nitrogens with one attached hydrogen (secondary N) is 1. The zero-order valence-electron chi connectivity index (χ0n) is 21.9. The summed E-state index contributed by atoms with van der Waals surface area (Å²) in [6.07, 6.45) is 6.92. The molecule has 3 heterocycles. The molecule has 3 aromatic rings. The summed E-state index contributed by atoms with van der Waals surface area (Å²) in [5.41, 5.74) is 4.06. The number of piperazine rings is 1. The van der Waals surface area contributed by atoms with Crippen LogP contribution in [-0.2, 0) is 0 Å². The first kappa shape index (κ1) is 27.4. The van der Waals surface area contributed by atoms with Crippen LogP contribution in [0, 0.1) is 0 Å². The SMILES string of the molecule is O=C(NCCCN1CCCC1)c1cncc(-c2ccccc2N2CCN(C(=O)c3ccc(Cl)c(Cl)c3)CC2)c1. The minimum Gasteiger partial charge on any atom is -0.367 e. The molecule has 2 fully saturated rings. The number of likely N-dealkylation sites (tertiary alicyclic amines) is 1. The van der Waals surface area contributed by atoms with E-state index in [1.807, 2.05) is 23.1 Å². The summed E-state index contributed by atoms with van der Waals surface area (Å²) >= 11 is 12.1. The van der Waals surface area contributed by atoms with E-state index in [4.69, 9.17) is 23.2 Å². The number of pyridine rings is 1. The Labute approximate surface area is 239 Å². The van der Waals surface area contributed by atoms with Gasteiger partial charge >= 0.3 is 0 Å². The van der Waals surface area contributed by atoms with E-state index < -0.39 is 0 Å². The van der Waals surface area contributed by atoms with E-state index in [0.717, 1.165) is 29.8 Å². The van der Waals surface area contributed by atoms with Gasteiger partial charge in [-0.05, 0) is 69.2 Å². The minimum absolute atomic E-state index is 0.0511. The predicted molar refractivity (Wildman–Crippen MR) is 157 cm³/mol. The van der Waals surface area contributed by atoms with Gasteiger partial charge in [-0.3, -0.25) is 14.6 Å². The Morgan fingerprint density at radius 3 is 2.38 bits per heavy atom. The second-order valence-electron chi connectivity index (χ2n) is 10.0. The van der Waals surface area contributed by atoms with Crippen LogP contribution in [0.15, 0.2) is 60.9 Å². The molecule has 0 saturated carbocycles. The Morgan fingerprint density at radius 2 is 1.62 bits per heavy atom. The molecule has 1 aromatic heterocycles. The van der Waals surface area contributed by atoms with Crippen molar-refractivity contribution in [2.45, 2.75) is 19.3 Å². The number of aromatic nitrogens is 1. The first-order valence-electron chi connectivity index (χ1n) is 13.5. The Balaban J connectivity index is 1.22. The summed E-state index contributed by atoms with van der Waals surface area (Å²) in [4.78, 5) is 36.8. The summed E-state index contributed by atoms with van der Waals surface area (Å²) in [5, 5.41) is 3.86. The van der Waals surface area contributed by atoms with Crippen molar-refractivity contribution in [2.75, 3.05) is 57.3 Å². The fourth-order valence-corrected chi connectivity index (χ4v) is 5.58. The molecule has 0 radical (unpaired) electrons. The first-order chi connectivity index (χ1) is 19.0. The fraction of sp³-hybridized carbons (Fsp3) is 0.367. The molecule has 2 aliphatic heterocycles. The van der Waals surface area contributed by atoms with Gasteiger partial charge in [-0.1, -0.05) is 41.4 Å². The molecule has 39 heavy (non-hydrogen) atoms. The number of anilines is 1. The maximum atomic E-state index is 13.0. The number of amides is 2. The van der Waals surface area contributed by atoms with Gasteiger partial charge in [0.15, 0.2) is 0 Å². The van der Waals surface area contributed by atoms with E-state index in [1.165, 1.54) is 25.9 Å². The third-order valence-electron chi connectivity index (χ3n) is 7.42. The molecule has 2 aromatic carbocycles. The molecule has 5 rings (SSSR count). The molecule has 0 atom stereocenters. The quantitative estimate of drug-likeness (QED) is 0.378. The molecular weight excluding hydrogens is 533 g/mol. The van der Waals surface area contributed by atoms with E-state index >= 15 is 0 Å². The highest BCUT2D eigenvalue weighted by molar-refractivity contribution is 6.42. The zero-order valence-corrected chi connectivity index (χ0v) is 23.4. The van der Waals surface area contributed by atoms with Crippen LogP contribution in [0.1, 0.15) is 40.0 Å². The van der Waals surface area contributed by atoms with Crippen LogP contribution in [0.5, 0.6) is 0 Å². The summed E-state index contributed by atoms with van der Waals surface area (Å²) in [5.74, 6) is -0.150. The number of carbonyl (C=O) groups is 2. The Morgan fingerprint density at radius 1 is 0.846 bits per heavy atom. The normalized spacial score (nSPS) is 15.9. The summed E-state index contributed by atoms with van der Waals surface area (Å²) in [6, 6.07) is 15.0. The second-order valence-corrected chi connectivity index (χ2v) is 10.9. The number of hydrogen-bond donors (Lipinski definition) is 1. The van der Waals surface area contributed by atoms with E-state index in [1.54, 1.807) is 30.6 Å². The largest absolute Gasteiger partial charge is 0.367 e. The van der Waals surface area contributed by atoms with E-state index in [-0.39, 0.29) is 11.8 Å². The van der Waals surface area contributed by atoms with Gasteiger partial charge < -0.3 is 20.0 Å². The van der Waals surface area contributed by atoms with Crippen LogP contribution in [-0.4, -0.2) is 79.0 Å². The maximum absolute atomic E-state index is 13.0. The van der Waals surface area contributed by atoms with Gasteiger partial charge in [0.2, 0.25) is 0 Å². The van der Waals surface area contributed by atoms with Crippen molar-refractivity contribution in [1.29, 1.82) is 0 Å². The number of carbonyl (C=O) groups excluding carboxylic acids is 2. The zero-order chi connectivity index (χ0) is 27.2. The molecule has 2 saturated heterocycles. The van der Waals surface area contributed by atoms with Crippen LogP contribution in [0.2, 0.25) is 10.0 Å². The van der Waals surface area contributed by atoms with Crippen LogP contribution in [0.25, 0.3) is 11.1 Å². The van der Waals surface area contributed by atoms with Crippen LogP contribution in [0.3, 0.4) is 0 Å². The third-order valence-corrected chi connectivity index (χ3v) is 8.16. The van der Waals surface area contributed by atoms with Crippen LogP contribution < -0.4 is 10.2 Å². The Kier molecular flexibility index (Phi) is 9.02. The molecule has 0 unspecified atom stereocenters. The monoisotopic (exact) mass is 565 g/mol. The summed E-state index contributed by atoms with van der Waals surface area (Å²) in [6.45, 7) is 6.57. The van der Waals surface area contributed by atoms with Crippen molar-refractivity contribution in [2.24, 2.45) is 0 Å². The van der Waals surface area contributed by atoms with Crippen molar-refractivity contribution >= 4 is 40.7 Å². The second kappa shape index (κ2) is 12.8. The maximum Gasteiger partial charge on any atom is 0.254 e. The smallest absolute Gasteiger partial charge is 0.254 e. The molecule has 7 nitrogen and oxygen atoms in total. The Bertz CT molecular complexity index is 1320. The predicted octanol–water partition coefficient (Wildman–Crippen LogP) is 5.23. The summed E-state index contributed by atoms with van der Waals surface area (Å²) < 4.78 is 0. The average Bonchev–Trinajstić information content (AvgIpc) is 3.50. The molecule has 204 valence electrons. The average molecular weight is 567 g/mol. The molecule has 0 bridgehead atoms. The topological polar surface area (TPSA) is 68.8 Å². The number of hydrogen-bond acceptors (Lipinski definition) is 5. The minimum atomic E-state index is -0.0994. The molecular formula is C30H33Cl2N5O2. The molecule has 1 N–H and O–H groups in total. The van der Waals surface area contributed by atoms with Gasteiger partial charge in [-0.15, -0.1) is 0 Å². The van der Waals surface area contributed by atoms with Crippen molar-refractivity contribution in [1.82, 2.24) is 20.1 Å². The van der Waals surface area contributed by atoms with Gasteiger partial charge in [-0.2, -0.15) is 0 Å². The number of benzene rings is 2. The van der Waals surface area contributed by atoms with Gasteiger partial charge in [-0.25, -0.2) is 0 Å². The number of nitrogens with zero attached hydrogens (tertiary/aromatic N) is 4. The molecule has 2 aliphatic rings. The highest BCUT2D eigenvalue weighted by Gasteiger charge is 2.24. The lowest BCUT2D eigenvalue weighted by Gasteiger charge is -2.37. The van der Waals surface area contributed by atoms with Gasteiger partial charge in [0, 0.05) is 67.5 Å². The molecule has 2 amide bonds. The molecule has 9 heteroatoms. The van der Waals surface area contributed by atoms with E-state index in [9.17, 15) is 9.59 Å². The lowest BCUT2D eigenvalue weighted by atomic mass is 10.0. The van der Waals surface area contributed by atoms with Crippen LogP contribution in [0.4, 0.5) is 5.69 Å². The number of rotatable bonds is 8. The number of halogens is 2. The standard InChI is InChI=1S/C30H33Cl2N5O2/c31-26-9-8-22(19-27(26)32)30(39)37-16-14-36(15-17-37)28-7-2-1-6-25(28)23-18-24(21-33-20-23)29(38)34-10-5-13-35-11-3-4-12-35/h1-2,6-9,18-21H,3-5,10-17H2,(H,34,38). The molecule has 0 aliphatic carbocycles. The highest BCUT2D eigenvalue weighted by atomic mass is 35.5. The Hall–Kier alpha value is -3.13. The van der Waals surface area contributed by atoms with Gasteiger partial charge in [0.1, 0.15) is 0 Å². The van der Waals surface area contributed by atoms with E-state index in [0.29, 0.717) is 53.9 Å². The van der Waals surface area contributed by atoms with Gasteiger partial charge in [0.05, 0.1) is 15.6 Å². The lowest BCUT2D eigenvalue weighted by molar-refractivity contribution is 0.0746. The highest BCUT2D eigenvalue weighted by Crippen LogP contribution is 2.32. The third kappa shape index (κ3) is 6.72. The van der Waals surface area contributed by atoms with E-state index in [2.05, 4.69) is 32.2 Å². The lowest BCUT2D eigenvalue weighted by Crippen LogP contribution is -2.49. The number of para-hydroxylation sites is 1. The fourth-order valence-electron chi connectivity index (χ4n) is 5.28.